The Morgan fingerprint density at radius 1 is 1.33 bits per heavy atom. The highest BCUT2D eigenvalue weighted by Gasteiger charge is 2.33. The molecule has 0 aromatic heterocycles. The number of alkyl halides is 3. The minimum absolute atomic E-state index is 0.0524. The number of nitrogens with zero attached hydrogens (tertiary/aromatic N) is 1. The summed E-state index contributed by atoms with van der Waals surface area (Å²) in [6.07, 6.45) is -3.38. The molecule has 3 nitrogen and oxygen atoms in total. The molecule has 0 fully saturated rings. The monoisotopic (exact) mass is 343 g/mol. The van der Waals surface area contributed by atoms with Crippen LogP contribution >= 0.6 is 11.6 Å². The van der Waals surface area contributed by atoms with Crippen molar-refractivity contribution in [3.05, 3.63) is 34.3 Å². The van der Waals surface area contributed by atoms with Gasteiger partial charge in [-0.3, -0.25) is 4.90 Å². The molecular weight excluding hydrogens is 327 g/mol. The molecular formula is C13H17ClF3NO2S. The summed E-state index contributed by atoms with van der Waals surface area (Å²) in [5, 5.41) is -0.349. The Morgan fingerprint density at radius 2 is 1.90 bits per heavy atom. The summed E-state index contributed by atoms with van der Waals surface area (Å²) >= 11 is 5.55. The van der Waals surface area contributed by atoms with E-state index in [9.17, 15) is 21.6 Å². The SMILES string of the molecule is C[C@H](CS(C)(=O)=O)N(C)Cc1ccc(Cl)c(C(F)(F)F)c1. The van der Waals surface area contributed by atoms with Crippen LogP contribution in [0.25, 0.3) is 0 Å². The van der Waals surface area contributed by atoms with Crippen molar-refractivity contribution in [2.45, 2.75) is 25.7 Å². The molecule has 1 aromatic rings. The van der Waals surface area contributed by atoms with Crippen LogP contribution in [0.1, 0.15) is 18.1 Å². The predicted molar refractivity (Wildman–Crippen MR) is 77.1 cm³/mol. The Hall–Kier alpha value is -0.790. The van der Waals surface area contributed by atoms with Gasteiger partial charge < -0.3 is 0 Å². The van der Waals surface area contributed by atoms with E-state index < -0.39 is 21.6 Å². The molecule has 0 saturated carbocycles. The third-order valence-corrected chi connectivity index (χ3v) is 4.48. The summed E-state index contributed by atoms with van der Waals surface area (Å²) < 4.78 is 60.8. The lowest BCUT2D eigenvalue weighted by Gasteiger charge is -2.24. The van der Waals surface area contributed by atoms with E-state index in [1.54, 1.807) is 18.9 Å². The Labute approximate surface area is 127 Å². The summed E-state index contributed by atoms with van der Waals surface area (Å²) in [5.41, 5.74) is -0.458. The average molecular weight is 344 g/mol. The minimum Gasteiger partial charge on any atom is -0.298 e. The predicted octanol–water partition coefficient (Wildman–Crippen LogP) is 3.22. The maximum Gasteiger partial charge on any atom is 0.417 e. The molecule has 0 heterocycles. The van der Waals surface area contributed by atoms with Crippen LogP contribution in [0.2, 0.25) is 5.02 Å². The summed E-state index contributed by atoms with van der Waals surface area (Å²) in [7, 11) is -1.48. The van der Waals surface area contributed by atoms with Gasteiger partial charge in [-0.15, -0.1) is 0 Å². The molecule has 0 amide bonds. The van der Waals surface area contributed by atoms with E-state index in [1.165, 1.54) is 12.1 Å². The summed E-state index contributed by atoms with van der Waals surface area (Å²) in [5.74, 6) is -0.0524. The fourth-order valence-corrected chi connectivity index (χ4v) is 3.25. The van der Waals surface area contributed by atoms with Crippen LogP contribution in [0.5, 0.6) is 0 Å². The van der Waals surface area contributed by atoms with Crippen LogP contribution in [-0.4, -0.2) is 38.4 Å². The maximum atomic E-state index is 12.8. The minimum atomic E-state index is -4.51. The van der Waals surface area contributed by atoms with Crippen molar-refractivity contribution >= 4 is 21.4 Å². The zero-order valence-electron chi connectivity index (χ0n) is 11.9. The zero-order chi connectivity index (χ0) is 16.4. The van der Waals surface area contributed by atoms with Gasteiger partial charge in [0.15, 0.2) is 0 Å². The van der Waals surface area contributed by atoms with E-state index in [4.69, 9.17) is 11.6 Å². The first-order valence-corrected chi connectivity index (χ1v) is 8.57. The highest BCUT2D eigenvalue weighted by atomic mass is 35.5. The van der Waals surface area contributed by atoms with E-state index in [2.05, 4.69) is 0 Å². The first-order chi connectivity index (χ1) is 9.40. The smallest absolute Gasteiger partial charge is 0.298 e. The first kappa shape index (κ1) is 18.3. The molecule has 0 unspecified atom stereocenters. The molecule has 0 saturated heterocycles. The van der Waals surface area contributed by atoms with Crippen LogP contribution in [-0.2, 0) is 22.6 Å². The molecule has 1 rings (SSSR count). The van der Waals surface area contributed by atoms with Crippen molar-refractivity contribution in [3.8, 4) is 0 Å². The Morgan fingerprint density at radius 3 is 2.38 bits per heavy atom. The second kappa shape index (κ2) is 6.54. The summed E-state index contributed by atoms with van der Waals surface area (Å²) in [6, 6.07) is 3.40. The number of rotatable bonds is 5. The van der Waals surface area contributed by atoms with Crippen molar-refractivity contribution in [2.24, 2.45) is 0 Å². The van der Waals surface area contributed by atoms with Crippen molar-refractivity contribution in [1.29, 1.82) is 0 Å². The molecule has 0 spiro atoms. The number of hydrogen-bond donors (Lipinski definition) is 0. The van der Waals surface area contributed by atoms with Gasteiger partial charge in [0.05, 0.1) is 16.3 Å². The standard InChI is InChI=1S/C13H17ClF3NO2S/c1-9(8-21(3,19)20)18(2)7-10-4-5-12(14)11(6-10)13(15,16)17/h4-6,9H,7-8H2,1-3H3/t9-/m1/s1. The Balaban J connectivity index is 2.89. The molecule has 120 valence electrons. The van der Waals surface area contributed by atoms with Crippen molar-refractivity contribution in [2.75, 3.05) is 19.1 Å². The molecule has 21 heavy (non-hydrogen) atoms. The van der Waals surface area contributed by atoms with Crippen LogP contribution in [0.4, 0.5) is 13.2 Å². The van der Waals surface area contributed by atoms with Crippen molar-refractivity contribution in [3.63, 3.8) is 0 Å². The molecule has 1 aromatic carbocycles. The molecule has 1 atom stereocenters. The van der Waals surface area contributed by atoms with Crippen molar-refractivity contribution in [1.82, 2.24) is 4.90 Å². The lowest BCUT2D eigenvalue weighted by atomic mass is 10.1. The van der Waals surface area contributed by atoms with Crippen LogP contribution in [0.15, 0.2) is 18.2 Å². The van der Waals surface area contributed by atoms with Gasteiger partial charge >= 0.3 is 6.18 Å². The van der Waals surface area contributed by atoms with E-state index in [0.717, 1.165) is 12.3 Å². The molecule has 0 radical (unpaired) electrons. The molecule has 0 N–H and O–H groups in total. The molecule has 0 aliphatic heterocycles. The van der Waals surface area contributed by atoms with E-state index >= 15 is 0 Å². The summed E-state index contributed by atoms with van der Waals surface area (Å²) in [4.78, 5) is 1.68. The van der Waals surface area contributed by atoms with Gasteiger partial charge in [0, 0.05) is 18.8 Å². The topological polar surface area (TPSA) is 37.4 Å². The van der Waals surface area contributed by atoms with Crippen molar-refractivity contribution < 1.29 is 21.6 Å². The molecule has 8 heteroatoms. The Bertz CT molecular complexity index is 602. The second-order valence-corrected chi connectivity index (χ2v) is 7.76. The quantitative estimate of drug-likeness (QED) is 0.823. The van der Waals surface area contributed by atoms with Gasteiger partial charge in [-0.2, -0.15) is 13.2 Å². The number of halogens is 4. The molecule has 0 aliphatic carbocycles. The zero-order valence-corrected chi connectivity index (χ0v) is 13.5. The third kappa shape index (κ3) is 5.84. The van der Waals surface area contributed by atoms with Gasteiger partial charge in [-0.1, -0.05) is 17.7 Å². The second-order valence-electron chi connectivity index (χ2n) is 5.17. The van der Waals surface area contributed by atoms with Crippen LogP contribution in [0.3, 0.4) is 0 Å². The van der Waals surface area contributed by atoms with E-state index in [0.29, 0.717) is 5.56 Å². The van der Waals surface area contributed by atoms with Gasteiger partial charge in [-0.25, -0.2) is 8.42 Å². The van der Waals surface area contributed by atoms with E-state index in [1.807, 2.05) is 0 Å². The molecule has 0 aliphatic rings. The lowest BCUT2D eigenvalue weighted by molar-refractivity contribution is -0.137. The number of sulfone groups is 1. The van der Waals surface area contributed by atoms with Crippen LogP contribution in [0, 0.1) is 0 Å². The summed E-state index contributed by atoms with van der Waals surface area (Å²) in [6.45, 7) is 1.92. The fourth-order valence-electron chi connectivity index (χ4n) is 1.90. The van der Waals surface area contributed by atoms with Gasteiger partial charge in [-0.05, 0) is 31.7 Å². The van der Waals surface area contributed by atoms with Gasteiger partial charge in [0.2, 0.25) is 0 Å². The highest BCUT2D eigenvalue weighted by Crippen LogP contribution is 2.35. The largest absolute Gasteiger partial charge is 0.417 e. The lowest BCUT2D eigenvalue weighted by Crippen LogP contribution is -2.34. The van der Waals surface area contributed by atoms with Crippen LogP contribution < -0.4 is 0 Å². The molecule has 0 bridgehead atoms. The van der Waals surface area contributed by atoms with Gasteiger partial charge in [0.1, 0.15) is 9.84 Å². The fraction of sp³-hybridized carbons (Fsp3) is 0.538. The highest BCUT2D eigenvalue weighted by molar-refractivity contribution is 7.90. The Kier molecular flexibility index (Phi) is 5.69. The van der Waals surface area contributed by atoms with Gasteiger partial charge in [0.25, 0.3) is 0 Å². The maximum absolute atomic E-state index is 12.8. The third-order valence-electron chi connectivity index (χ3n) is 3.06. The number of benzene rings is 1. The number of hydrogen-bond acceptors (Lipinski definition) is 3. The normalized spacial score (nSPS) is 14.5. The first-order valence-electron chi connectivity index (χ1n) is 6.14. The average Bonchev–Trinajstić information content (AvgIpc) is 2.27. The van der Waals surface area contributed by atoms with E-state index in [-0.39, 0.29) is 23.4 Å².